The zero-order chi connectivity index (χ0) is 28.9. The number of nitrogens with zero attached hydrogens (tertiary/aromatic N) is 8. The molecule has 4 aromatic rings. The van der Waals surface area contributed by atoms with Crippen molar-refractivity contribution in [3.8, 4) is 0 Å². The minimum absolute atomic E-state index is 0.0372. The molecule has 0 spiro atoms. The third-order valence-corrected chi connectivity index (χ3v) is 9.32. The summed E-state index contributed by atoms with van der Waals surface area (Å²) in [5.74, 6) is 0.0372. The maximum Gasteiger partial charge on any atom is 0.558 e. The molecule has 2 unspecified atom stereocenters. The van der Waals surface area contributed by atoms with Crippen LogP contribution in [0.5, 0.6) is 0 Å². The second-order valence-electron chi connectivity index (χ2n) is 7.88. The van der Waals surface area contributed by atoms with Crippen molar-refractivity contribution in [3.63, 3.8) is 0 Å². The van der Waals surface area contributed by atoms with Crippen molar-refractivity contribution in [2.75, 3.05) is 12.3 Å². The fraction of sp³-hybridized carbons (Fsp3) is 0.333. The molecule has 40 heavy (non-hydrogen) atoms. The molecule has 1 aliphatic heterocycles. The highest BCUT2D eigenvalue weighted by Gasteiger charge is 2.49. The van der Waals surface area contributed by atoms with E-state index in [1.165, 1.54) is 17.1 Å². The highest BCUT2D eigenvalue weighted by Crippen LogP contribution is 2.67. The molecule has 216 valence electrons. The van der Waals surface area contributed by atoms with Crippen LogP contribution < -0.4 is 10.4 Å². The van der Waals surface area contributed by atoms with E-state index in [4.69, 9.17) is 29.4 Å². The smallest absolute Gasteiger partial charge is 0.387 e. The van der Waals surface area contributed by atoms with Gasteiger partial charge < -0.3 is 40.0 Å². The summed E-state index contributed by atoms with van der Waals surface area (Å²) < 4.78 is 62.3. The number of ether oxygens (including phenoxy) is 1. The summed E-state index contributed by atoms with van der Waals surface area (Å²) in [5, 5.41) is 21.1. The van der Waals surface area contributed by atoms with Gasteiger partial charge in [0.05, 0.1) is 19.1 Å². The van der Waals surface area contributed by atoms with Crippen LogP contribution in [-0.4, -0.2) is 89.0 Å². The highest BCUT2D eigenvalue weighted by atomic mass is 31.3. The lowest BCUT2D eigenvalue weighted by Gasteiger charge is -2.22. The number of aliphatic hydroxyl groups excluding tert-OH is 2. The molecule has 25 heteroatoms. The Morgan fingerprint density at radius 3 is 2.45 bits per heavy atom. The number of hydrogen-bond donors (Lipinski definition) is 6. The predicted molar refractivity (Wildman–Crippen MR) is 125 cm³/mol. The fourth-order valence-electron chi connectivity index (χ4n) is 3.57. The molecule has 0 saturated carbocycles. The molecule has 1 saturated heterocycles. The Kier molecular flexibility index (Phi) is 7.46. The van der Waals surface area contributed by atoms with Gasteiger partial charge in [-0.05, 0) is 0 Å². The van der Waals surface area contributed by atoms with Gasteiger partial charge >= 0.3 is 23.5 Å². The molecule has 0 aromatic carbocycles. The first-order chi connectivity index (χ1) is 18.8. The van der Waals surface area contributed by atoms with E-state index in [9.17, 15) is 28.8 Å². The number of nitrogens with two attached hydrogens (primary N) is 1. The van der Waals surface area contributed by atoms with Crippen LogP contribution >= 0.6 is 23.5 Å². The summed E-state index contributed by atoms with van der Waals surface area (Å²) in [6, 6.07) is 0. The Labute approximate surface area is 220 Å². The number of imidazole rings is 2. The van der Waals surface area contributed by atoms with Crippen LogP contribution in [0.2, 0.25) is 0 Å². The fourth-order valence-corrected chi connectivity index (χ4v) is 7.06. The van der Waals surface area contributed by atoms with Gasteiger partial charge in [0.1, 0.15) is 48.3 Å². The minimum atomic E-state index is -5.82. The van der Waals surface area contributed by atoms with E-state index in [-0.39, 0.29) is 28.1 Å². The maximum atomic E-state index is 13.4. The monoisotopic (exact) mass is 625 g/mol. The van der Waals surface area contributed by atoms with Crippen molar-refractivity contribution in [1.82, 2.24) is 39.2 Å². The average molecular weight is 625 g/mol. The number of fused-ring (bicyclic) bond motifs is 2. The van der Waals surface area contributed by atoms with E-state index in [1.54, 1.807) is 0 Å². The number of anilines is 1. The van der Waals surface area contributed by atoms with Crippen molar-refractivity contribution < 1.29 is 61.1 Å². The molecular weight excluding hydrogens is 607 g/mol. The van der Waals surface area contributed by atoms with E-state index in [0.717, 1.165) is 19.0 Å². The molecule has 4 aromatic heterocycles. The molecule has 0 bridgehead atoms. The molecule has 5 rings (SSSR count). The zero-order valence-electron chi connectivity index (χ0n) is 19.4. The SMILES string of the molecule is Nc1ncnc2c1ncn2[C@@H]1O[C@H](COP(=O)(On2cnc3cncnc32)OP(=O)(O)OP(=O)(O)O)[C@@H](O)[C@H]1O. The van der Waals surface area contributed by atoms with Crippen LogP contribution in [0.15, 0.2) is 31.5 Å². The summed E-state index contributed by atoms with van der Waals surface area (Å²) in [6.07, 6.45) is -0.577. The van der Waals surface area contributed by atoms with E-state index in [1.807, 2.05) is 0 Å². The van der Waals surface area contributed by atoms with E-state index < -0.39 is 54.6 Å². The van der Waals surface area contributed by atoms with Crippen LogP contribution in [0.1, 0.15) is 6.23 Å². The van der Waals surface area contributed by atoms with Gasteiger partial charge in [0.15, 0.2) is 23.3 Å². The van der Waals surface area contributed by atoms with Crippen molar-refractivity contribution in [2.45, 2.75) is 24.5 Å². The van der Waals surface area contributed by atoms with Crippen LogP contribution in [-0.2, 0) is 31.6 Å². The summed E-state index contributed by atoms with van der Waals surface area (Å²) >= 11 is 0. The predicted octanol–water partition coefficient (Wildman–Crippen LogP) is -1.35. The van der Waals surface area contributed by atoms with Crippen molar-refractivity contribution in [1.29, 1.82) is 0 Å². The summed E-state index contributed by atoms with van der Waals surface area (Å²) in [7, 11) is -16.8. The van der Waals surface area contributed by atoms with Crippen LogP contribution in [0.3, 0.4) is 0 Å². The van der Waals surface area contributed by atoms with E-state index in [2.05, 4.69) is 38.5 Å². The first kappa shape index (κ1) is 28.6. The molecule has 5 heterocycles. The third-order valence-electron chi connectivity index (χ3n) is 5.18. The molecule has 0 radical (unpaired) electrons. The van der Waals surface area contributed by atoms with E-state index in [0.29, 0.717) is 4.73 Å². The number of phosphoric acid groups is 3. The van der Waals surface area contributed by atoms with Gasteiger partial charge in [-0.2, -0.15) is 8.62 Å². The van der Waals surface area contributed by atoms with Gasteiger partial charge in [0, 0.05) is 0 Å². The van der Waals surface area contributed by atoms with Gasteiger partial charge in [-0.1, -0.05) is 0 Å². The Morgan fingerprint density at radius 2 is 1.70 bits per heavy atom. The van der Waals surface area contributed by atoms with Gasteiger partial charge in [-0.15, -0.1) is 4.73 Å². The Balaban J connectivity index is 1.39. The summed E-state index contributed by atoms with van der Waals surface area (Å²) in [6.45, 7) is -0.937. The summed E-state index contributed by atoms with van der Waals surface area (Å²) in [4.78, 5) is 50.8. The van der Waals surface area contributed by atoms with E-state index >= 15 is 0 Å². The van der Waals surface area contributed by atoms with Crippen molar-refractivity contribution >= 4 is 51.6 Å². The number of aliphatic hydroxyl groups is 2. The largest absolute Gasteiger partial charge is 0.558 e. The van der Waals surface area contributed by atoms with Crippen molar-refractivity contribution in [2.24, 2.45) is 0 Å². The molecular formula is C15H18N9O13P3. The normalized spacial score (nSPS) is 24.7. The first-order valence-electron chi connectivity index (χ1n) is 10.6. The first-order valence-corrected chi connectivity index (χ1v) is 15.1. The Hall–Kier alpha value is -2.97. The van der Waals surface area contributed by atoms with Crippen LogP contribution in [0.4, 0.5) is 5.82 Å². The van der Waals surface area contributed by atoms with Crippen molar-refractivity contribution in [3.05, 3.63) is 31.5 Å². The van der Waals surface area contributed by atoms with Crippen LogP contribution in [0.25, 0.3) is 22.3 Å². The van der Waals surface area contributed by atoms with Gasteiger partial charge in [-0.3, -0.25) is 9.09 Å². The lowest BCUT2D eigenvalue weighted by atomic mass is 10.1. The molecule has 7 N–H and O–H groups in total. The molecule has 22 nitrogen and oxygen atoms in total. The lowest BCUT2D eigenvalue weighted by Crippen LogP contribution is -2.34. The topological polar surface area (TPSA) is 312 Å². The van der Waals surface area contributed by atoms with Crippen LogP contribution in [0, 0.1) is 0 Å². The molecule has 0 aliphatic carbocycles. The number of nitrogen functional groups attached to an aromatic ring is 1. The second kappa shape index (κ2) is 10.5. The van der Waals surface area contributed by atoms with Gasteiger partial charge in [0.25, 0.3) is 0 Å². The number of hydrogen-bond acceptors (Lipinski definition) is 17. The molecule has 6 atom stereocenters. The van der Waals surface area contributed by atoms with Gasteiger partial charge in [-0.25, -0.2) is 43.6 Å². The zero-order valence-corrected chi connectivity index (χ0v) is 22.1. The average Bonchev–Trinajstić information content (AvgIpc) is 3.53. The Morgan fingerprint density at radius 1 is 0.950 bits per heavy atom. The van der Waals surface area contributed by atoms with Gasteiger partial charge in [0.2, 0.25) is 0 Å². The lowest BCUT2D eigenvalue weighted by molar-refractivity contribution is -0.0514. The highest BCUT2D eigenvalue weighted by molar-refractivity contribution is 7.66. The second-order valence-corrected chi connectivity index (χ2v) is 12.4. The molecule has 0 amide bonds. The molecule has 1 fully saturated rings. The quantitative estimate of drug-likeness (QED) is 0.111. The third kappa shape index (κ3) is 5.88. The maximum absolute atomic E-state index is 13.4. The molecule has 1 aliphatic rings. The number of rotatable bonds is 10. The number of aromatic nitrogens is 8. The minimum Gasteiger partial charge on any atom is -0.387 e. The Bertz CT molecular complexity index is 1690. The standard InChI is InChI=1S/C15H18N9O13P3/c16-12-9-14(20-4-18-12)23(5-22-9)15-11(26)10(25)8(34-15)2-33-40(32,37-39(30,31)36-38(27,28)29)35-24-6-21-7-1-17-3-19-13(7)24/h1,3-6,8,10-11,15,25-26H,2H2,(H,30,31)(H2,16,18,20)(H2,27,28,29)/t8-,10-,11-,15-,40?/m1/s1. The summed E-state index contributed by atoms with van der Waals surface area (Å²) in [5.41, 5.74) is 6.08.